The molecule has 128 heavy (non-hydrogen) atoms. The van der Waals surface area contributed by atoms with E-state index in [9.17, 15) is 89.4 Å². The monoisotopic (exact) mass is 1800 g/mol. The summed E-state index contributed by atoms with van der Waals surface area (Å²) in [6.45, 7) is 11.7. The van der Waals surface area contributed by atoms with E-state index in [1.54, 1.807) is 119 Å². The van der Waals surface area contributed by atoms with Crippen molar-refractivity contribution in [3.8, 4) is 23.0 Å². The smallest absolute Gasteiger partial charge is 0.433 e. The molecule has 12 aromatic heterocycles. The number of ketones is 4. The van der Waals surface area contributed by atoms with Gasteiger partial charge in [-0.2, -0.15) is 52.7 Å². The number of imidazole rings is 4. The summed E-state index contributed by atoms with van der Waals surface area (Å²) in [5.41, 5.74) is -1.15. The van der Waals surface area contributed by atoms with E-state index in [-0.39, 0.29) is 94.9 Å². The van der Waals surface area contributed by atoms with Gasteiger partial charge in [0.15, 0.2) is 23.1 Å². The van der Waals surface area contributed by atoms with Crippen molar-refractivity contribution in [2.24, 2.45) is 23.7 Å². The number of pyridine rings is 8. The molecule has 4 aliphatic rings. The van der Waals surface area contributed by atoms with Crippen LogP contribution in [-0.2, 0) is 69.3 Å². The minimum atomic E-state index is -4.65. The molecule has 0 spiro atoms. The van der Waals surface area contributed by atoms with Crippen LogP contribution >= 0.6 is 0 Å². The van der Waals surface area contributed by atoms with Crippen molar-refractivity contribution in [1.82, 2.24) is 57.5 Å². The highest BCUT2D eigenvalue weighted by Gasteiger charge is 2.39. The molecule has 0 N–H and O–H groups in total. The van der Waals surface area contributed by atoms with Gasteiger partial charge in [-0.3, -0.25) is 19.2 Å². The topological polar surface area (TPSA) is 263 Å². The highest BCUT2D eigenvalue weighted by atomic mass is 19.4. The van der Waals surface area contributed by atoms with Crippen LogP contribution in [-0.4, -0.2) is 160 Å². The maximum Gasteiger partial charge on any atom is 0.433 e. The van der Waals surface area contributed by atoms with Crippen molar-refractivity contribution >= 4 is 45.7 Å². The van der Waals surface area contributed by atoms with Crippen LogP contribution in [0.3, 0.4) is 0 Å². The SMILES string of the molecule is CCOc1cc2nc(C(F)[C@H]3CCOC3)cn2cc1CC(=O)c1cccc(C(F)(F)F)n1.CCOc1cc2nc([C@@H](F)[C@@H]3CCOC3)cn2cc1CC(=O)c1cccc(C(F)(F)F)n1.CCOc1cc2nc([C@H](F)[C@@H]3CCOC3)cn2cc1CC(=O)c1cccc(C(F)(F)F)n1.CCOc1cc2nc([C@H](F)[C@H]3CCOC3)cn2cc1CC(=O)c1cccc(C(F)(F)F)n1. The Kier molecular flexibility index (Phi) is 29.6. The van der Waals surface area contributed by atoms with Crippen LogP contribution in [0.5, 0.6) is 23.0 Å². The number of carbonyl (C=O) groups excluding carboxylic acids is 4. The largest absolute Gasteiger partial charge is 0.493 e. The molecular weight excluding hydrogens is 1720 g/mol. The molecule has 12 aromatic rings. The molecule has 8 atom stereocenters. The number of ether oxygens (including phenoxy) is 8. The van der Waals surface area contributed by atoms with Gasteiger partial charge in [0.05, 0.1) is 75.6 Å². The first-order chi connectivity index (χ1) is 61.0. The van der Waals surface area contributed by atoms with Crippen molar-refractivity contribution in [3.63, 3.8) is 0 Å². The molecular formula is C88H84F16N12O12. The standard InChI is InChI=1S/4C22H21F4N3O3/c4*1-2-32-18-9-20-28-16(21(23)13-6-7-31-12-13)11-29(20)10-14(18)8-17(30)15-4-3-5-19(27-15)22(24,25)26/h4*3-5,9-11,13,21H,2,6-8,12H2,1H3/t13-,21?;2*13-,21+;13-,21-/m0101/s1. The van der Waals surface area contributed by atoms with Gasteiger partial charge in [-0.15, -0.1) is 0 Å². The zero-order chi connectivity index (χ0) is 91.5. The summed E-state index contributed by atoms with van der Waals surface area (Å²) in [6, 6.07) is 19.1. The molecule has 0 aromatic carbocycles. The number of hydrogen-bond donors (Lipinski definition) is 0. The zero-order valence-electron chi connectivity index (χ0n) is 68.9. The molecule has 0 aliphatic carbocycles. The Bertz CT molecular complexity index is 5200. The lowest BCUT2D eigenvalue weighted by atomic mass is 10.0. The molecule has 0 bridgehead atoms. The molecule has 0 amide bonds. The predicted molar refractivity (Wildman–Crippen MR) is 426 cm³/mol. The summed E-state index contributed by atoms with van der Waals surface area (Å²) in [5, 5.41) is 0. The van der Waals surface area contributed by atoms with E-state index in [4.69, 9.17) is 37.9 Å². The summed E-state index contributed by atoms with van der Waals surface area (Å²) in [6.07, 6.45) is -9.69. The normalized spacial score (nSPS) is 17.6. The minimum Gasteiger partial charge on any atom is -0.493 e. The molecule has 16 heterocycles. The van der Waals surface area contributed by atoms with E-state index in [2.05, 4.69) is 39.9 Å². The summed E-state index contributed by atoms with van der Waals surface area (Å²) >= 11 is 0. The van der Waals surface area contributed by atoms with E-state index in [0.29, 0.717) is 173 Å². The third-order valence-electron chi connectivity index (χ3n) is 21.2. The van der Waals surface area contributed by atoms with Gasteiger partial charge in [0.25, 0.3) is 0 Å². The fraction of sp³-hybridized carbons (Fsp3) is 0.409. The first-order valence-corrected chi connectivity index (χ1v) is 40.8. The number of fused-ring (bicyclic) bond motifs is 4. The van der Waals surface area contributed by atoms with Crippen LogP contribution in [0.15, 0.2) is 147 Å². The first-order valence-electron chi connectivity index (χ1n) is 40.8. The Balaban J connectivity index is 0.000000146. The number of rotatable bonds is 28. The summed E-state index contributed by atoms with van der Waals surface area (Å²) < 4.78 is 264. The lowest BCUT2D eigenvalue weighted by Crippen LogP contribution is -2.13. The van der Waals surface area contributed by atoms with Crippen LogP contribution in [0.25, 0.3) is 22.6 Å². The fourth-order valence-electron chi connectivity index (χ4n) is 14.7. The first kappa shape index (κ1) is 93.6. The maximum atomic E-state index is 14.9. The number of aromatic nitrogens is 12. The van der Waals surface area contributed by atoms with Crippen LogP contribution in [0, 0.1) is 23.7 Å². The number of carbonyl (C=O) groups is 4. The third-order valence-corrected chi connectivity index (χ3v) is 21.2. The Morgan fingerprint density at radius 1 is 0.328 bits per heavy atom. The molecule has 4 fully saturated rings. The Morgan fingerprint density at radius 3 is 0.703 bits per heavy atom. The summed E-state index contributed by atoms with van der Waals surface area (Å²) in [4.78, 5) is 82.0. The van der Waals surface area contributed by atoms with Crippen molar-refractivity contribution in [3.05, 3.63) is 237 Å². The van der Waals surface area contributed by atoms with Gasteiger partial charge in [0.1, 0.15) is 116 Å². The van der Waals surface area contributed by atoms with Crippen LogP contribution < -0.4 is 18.9 Å². The highest BCUT2D eigenvalue weighted by Crippen LogP contribution is 2.40. The lowest BCUT2D eigenvalue weighted by Gasteiger charge is -2.11. The number of alkyl halides is 16. The average Bonchev–Trinajstić information content (AvgIpc) is 1.68. The number of hydrogen-bond acceptors (Lipinski definition) is 20. The molecule has 4 saturated heterocycles. The second kappa shape index (κ2) is 40.5. The van der Waals surface area contributed by atoms with Crippen LogP contribution in [0.4, 0.5) is 70.2 Å². The molecule has 680 valence electrons. The van der Waals surface area contributed by atoms with E-state index in [1.807, 2.05) is 0 Å². The van der Waals surface area contributed by atoms with Gasteiger partial charge in [-0.05, 0) is 102 Å². The second-order valence-corrected chi connectivity index (χ2v) is 30.2. The van der Waals surface area contributed by atoms with Crippen molar-refractivity contribution in [2.75, 3.05) is 79.3 Å². The third kappa shape index (κ3) is 22.9. The van der Waals surface area contributed by atoms with Crippen LogP contribution in [0.1, 0.15) is 188 Å². The Hall–Kier alpha value is -12.0. The lowest BCUT2D eigenvalue weighted by molar-refractivity contribution is -0.142. The van der Waals surface area contributed by atoms with Gasteiger partial charge >= 0.3 is 24.7 Å². The Morgan fingerprint density at radius 2 is 0.531 bits per heavy atom. The molecule has 16 rings (SSSR count). The van der Waals surface area contributed by atoms with Crippen LogP contribution in [0.2, 0.25) is 0 Å². The summed E-state index contributed by atoms with van der Waals surface area (Å²) in [7, 11) is 0. The van der Waals surface area contributed by atoms with E-state index in [0.717, 1.165) is 48.5 Å². The number of nitrogens with zero attached hydrogens (tertiary/aromatic N) is 12. The number of halogens is 16. The molecule has 40 heteroatoms. The molecule has 0 saturated carbocycles. The fourth-order valence-corrected chi connectivity index (χ4v) is 14.7. The van der Waals surface area contributed by atoms with Gasteiger partial charge in [0, 0.05) is 172 Å². The average molecular weight is 1810 g/mol. The predicted octanol–water partition coefficient (Wildman–Crippen LogP) is 18.5. The second-order valence-electron chi connectivity index (χ2n) is 30.2. The molecule has 4 aliphatic heterocycles. The van der Waals surface area contributed by atoms with Gasteiger partial charge in [0.2, 0.25) is 0 Å². The zero-order valence-corrected chi connectivity index (χ0v) is 68.9. The van der Waals surface area contributed by atoms with E-state index >= 15 is 0 Å². The van der Waals surface area contributed by atoms with Crippen molar-refractivity contribution in [1.29, 1.82) is 0 Å². The molecule has 1 unspecified atom stereocenters. The quantitative estimate of drug-likeness (QED) is 0.0326. The van der Waals surface area contributed by atoms with E-state index < -0.39 is 95.3 Å². The Labute approximate surface area is 719 Å². The van der Waals surface area contributed by atoms with Crippen molar-refractivity contribution in [2.45, 2.75) is 128 Å². The van der Waals surface area contributed by atoms with Gasteiger partial charge in [-0.25, -0.2) is 57.4 Å². The van der Waals surface area contributed by atoms with Gasteiger partial charge in [-0.1, -0.05) is 24.3 Å². The van der Waals surface area contributed by atoms with Gasteiger partial charge < -0.3 is 55.5 Å². The molecule has 24 nitrogen and oxygen atoms in total. The van der Waals surface area contributed by atoms with Crippen molar-refractivity contribution < 1.29 is 127 Å². The minimum absolute atomic E-state index is 0.234. The molecule has 0 radical (unpaired) electrons. The highest BCUT2D eigenvalue weighted by molar-refractivity contribution is 5.98. The maximum absolute atomic E-state index is 14.9. The van der Waals surface area contributed by atoms with E-state index in [1.165, 1.54) is 24.3 Å². The summed E-state index contributed by atoms with van der Waals surface area (Å²) in [5.74, 6) is -2.00. The number of Topliss-reactive ketones (excluding diaryl/α,β-unsaturated/α-hetero) is 4.